The van der Waals surface area contributed by atoms with Crippen molar-refractivity contribution in [2.75, 3.05) is 6.61 Å². The third kappa shape index (κ3) is 6.16. The van der Waals surface area contributed by atoms with Gasteiger partial charge in [0.25, 0.3) is 0 Å². The largest absolute Gasteiger partial charge is 0.465 e. The van der Waals surface area contributed by atoms with Gasteiger partial charge in [-0.05, 0) is 18.8 Å². The van der Waals surface area contributed by atoms with E-state index >= 15 is 0 Å². The number of hydrogen-bond donors (Lipinski definition) is 1. The summed E-state index contributed by atoms with van der Waals surface area (Å²) in [5.41, 5.74) is 5.52. The van der Waals surface area contributed by atoms with Crippen molar-refractivity contribution >= 4 is 5.97 Å². The number of carbonyl (C=O) groups excluding carboxylic acids is 1. The molecule has 0 rings (SSSR count). The maximum absolute atomic E-state index is 10.9. The van der Waals surface area contributed by atoms with Crippen LogP contribution in [0.25, 0.3) is 0 Å². The van der Waals surface area contributed by atoms with Crippen molar-refractivity contribution in [2.45, 2.75) is 40.2 Å². The molecular formula is C9H19NO2. The molecule has 0 aromatic heterocycles. The molecule has 0 heterocycles. The molecular weight excluding hydrogens is 154 g/mol. The van der Waals surface area contributed by atoms with E-state index in [0.717, 1.165) is 6.42 Å². The molecule has 0 bridgehead atoms. The van der Waals surface area contributed by atoms with Gasteiger partial charge in [0.1, 0.15) is 6.04 Å². The fourth-order valence-corrected chi connectivity index (χ4v) is 0.589. The highest BCUT2D eigenvalue weighted by Crippen LogP contribution is 2.17. The van der Waals surface area contributed by atoms with Crippen molar-refractivity contribution in [3.63, 3.8) is 0 Å². The Balaban J connectivity index is 3.51. The van der Waals surface area contributed by atoms with Gasteiger partial charge in [-0.1, -0.05) is 20.8 Å². The summed E-state index contributed by atoms with van der Waals surface area (Å²) in [6.45, 7) is 8.40. The molecule has 1 unspecified atom stereocenters. The molecule has 0 fully saturated rings. The molecule has 0 amide bonds. The first-order valence-electron chi connectivity index (χ1n) is 4.25. The lowest BCUT2D eigenvalue weighted by atomic mass is 9.93. The quantitative estimate of drug-likeness (QED) is 0.655. The van der Waals surface area contributed by atoms with Gasteiger partial charge < -0.3 is 10.5 Å². The number of ether oxygens (including phenoxy) is 1. The minimum Gasteiger partial charge on any atom is -0.465 e. The number of rotatable bonds is 3. The van der Waals surface area contributed by atoms with Crippen LogP contribution in [0, 0.1) is 5.41 Å². The molecule has 72 valence electrons. The summed E-state index contributed by atoms with van der Waals surface area (Å²) >= 11 is 0. The van der Waals surface area contributed by atoms with Crippen molar-refractivity contribution in [3.05, 3.63) is 0 Å². The zero-order chi connectivity index (χ0) is 9.78. The van der Waals surface area contributed by atoms with Crippen LogP contribution >= 0.6 is 0 Å². The second-order valence-corrected chi connectivity index (χ2v) is 4.27. The van der Waals surface area contributed by atoms with E-state index in [4.69, 9.17) is 10.5 Å². The number of nitrogens with two attached hydrogens (primary N) is 1. The van der Waals surface area contributed by atoms with Gasteiger partial charge in [0.15, 0.2) is 0 Å². The van der Waals surface area contributed by atoms with E-state index < -0.39 is 6.04 Å². The van der Waals surface area contributed by atoms with Crippen LogP contribution in [0.4, 0.5) is 0 Å². The SMILES string of the molecule is CC(N)C(=O)OCCC(C)(C)C. The molecule has 0 aliphatic rings. The molecule has 2 N–H and O–H groups in total. The van der Waals surface area contributed by atoms with E-state index in [1.165, 1.54) is 0 Å². The molecule has 0 aliphatic heterocycles. The van der Waals surface area contributed by atoms with Crippen molar-refractivity contribution in [3.8, 4) is 0 Å². The maximum Gasteiger partial charge on any atom is 0.322 e. The minimum atomic E-state index is -0.509. The number of carbonyl (C=O) groups is 1. The Hall–Kier alpha value is -0.570. The second kappa shape index (κ2) is 4.45. The summed E-state index contributed by atoms with van der Waals surface area (Å²) in [5, 5.41) is 0. The molecule has 0 aromatic rings. The lowest BCUT2D eigenvalue weighted by Crippen LogP contribution is -2.29. The van der Waals surface area contributed by atoms with Crippen LogP contribution in [0.3, 0.4) is 0 Å². The summed E-state index contributed by atoms with van der Waals surface area (Å²) in [6, 6.07) is -0.509. The van der Waals surface area contributed by atoms with Gasteiger partial charge in [0.2, 0.25) is 0 Å². The minimum absolute atomic E-state index is 0.206. The Kier molecular flexibility index (Phi) is 4.24. The summed E-state index contributed by atoms with van der Waals surface area (Å²) in [4.78, 5) is 10.9. The molecule has 12 heavy (non-hydrogen) atoms. The highest BCUT2D eigenvalue weighted by atomic mass is 16.5. The third-order valence-electron chi connectivity index (χ3n) is 1.47. The zero-order valence-corrected chi connectivity index (χ0v) is 8.39. The summed E-state index contributed by atoms with van der Waals surface area (Å²) in [5.74, 6) is -0.320. The van der Waals surface area contributed by atoms with Crippen molar-refractivity contribution in [2.24, 2.45) is 11.1 Å². The van der Waals surface area contributed by atoms with Crippen LogP contribution in [0.2, 0.25) is 0 Å². The Bertz CT molecular complexity index is 147. The van der Waals surface area contributed by atoms with Gasteiger partial charge in [-0.2, -0.15) is 0 Å². The molecule has 1 atom stereocenters. The number of hydrogen-bond acceptors (Lipinski definition) is 3. The second-order valence-electron chi connectivity index (χ2n) is 4.27. The summed E-state index contributed by atoms with van der Waals surface area (Å²) in [7, 11) is 0. The standard InChI is InChI=1S/C9H19NO2/c1-7(10)8(11)12-6-5-9(2,3)4/h7H,5-6,10H2,1-4H3. The lowest BCUT2D eigenvalue weighted by Gasteiger charge is -2.17. The summed E-state index contributed by atoms with van der Waals surface area (Å²) < 4.78 is 4.92. The Morgan fingerprint density at radius 3 is 2.33 bits per heavy atom. The number of esters is 1. The van der Waals surface area contributed by atoms with E-state index in [1.807, 2.05) is 0 Å². The molecule has 0 saturated carbocycles. The fraction of sp³-hybridized carbons (Fsp3) is 0.889. The third-order valence-corrected chi connectivity index (χ3v) is 1.47. The zero-order valence-electron chi connectivity index (χ0n) is 8.39. The van der Waals surface area contributed by atoms with E-state index in [2.05, 4.69) is 20.8 Å². The monoisotopic (exact) mass is 173 g/mol. The molecule has 3 heteroatoms. The first kappa shape index (κ1) is 11.4. The van der Waals surface area contributed by atoms with Gasteiger partial charge in [-0.15, -0.1) is 0 Å². The van der Waals surface area contributed by atoms with Crippen LogP contribution in [-0.2, 0) is 9.53 Å². The Morgan fingerprint density at radius 1 is 1.50 bits per heavy atom. The normalized spacial score (nSPS) is 14.1. The van der Waals surface area contributed by atoms with Crippen LogP contribution < -0.4 is 5.73 Å². The smallest absolute Gasteiger partial charge is 0.322 e. The predicted octanol–water partition coefficient (Wildman–Crippen LogP) is 1.31. The van der Waals surface area contributed by atoms with Crippen LogP contribution in [0.15, 0.2) is 0 Å². The van der Waals surface area contributed by atoms with Crippen molar-refractivity contribution in [1.82, 2.24) is 0 Å². The molecule has 0 saturated heterocycles. The van der Waals surface area contributed by atoms with Gasteiger partial charge in [0.05, 0.1) is 6.61 Å². The highest BCUT2D eigenvalue weighted by molar-refractivity contribution is 5.74. The average Bonchev–Trinajstić information content (AvgIpc) is 1.84. The predicted molar refractivity (Wildman–Crippen MR) is 48.7 cm³/mol. The van der Waals surface area contributed by atoms with Crippen LogP contribution in [0.1, 0.15) is 34.1 Å². The van der Waals surface area contributed by atoms with Crippen LogP contribution in [0.5, 0.6) is 0 Å². The van der Waals surface area contributed by atoms with Gasteiger partial charge in [-0.25, -0.2) is 0 Å². The van der Waals surface area contributed by atoms with Gasteiger partial charge in [0, 0.05) is 0 Å². The van der Waals surface area contributed by atoms with E-state index in [0.29, 0.717) is 6.61 Å². The van der Waals surface area contributed by atoms with Gasteiger partial charge >= 0.3 is 5.97 Å². The topological polar surface area (TPSA) is 52.3 Å². The Morgan fingerprint density at radius 2 is 2.00 bits per heavy atom. The average molecular weight is 173 g/mol. The van der Waals surface area contributed by atoms with Crippen LogP contribution in [-0.4, -0.2) is 18.6 Å². The highest BCUT2D eigenvalue weighted by Gasteiger charge is 2.13. The summed E-state index contributed by atoms with van der Waals surface area (Å²) in [6.07, 6.45) is 0.867. The van der Waals surface area contributed by atoms with Crippen molar-refractivity contribution < 1.29 is 9.53 Å². The molecule has 0 radical (unpaired) electrons. The first-order valence-corrected chi connectivity index (χ1v) is 4.25. The maximum atomic E-state index is 10.9. The molecule has 0 aliphatic carbocycles. The Labute approximate surface area is 74.3 Å². The lowest BCUT2D eigenvalue weighted by molar-refractivity contribution is -0.145. The molecule has 3 nitrogen and oxygen atoms in total. The molecule has 0 spiro atoms. The molecule has 0 aromatic carbocycles. The van der Waals surface area contributed by atoms with Gasteiger partial charge in [-0.3, -0.25) is 4.79 Å². The van der Waals surface area contributed by atoms with E-state index in [9.17, 15) is 4.79 Å². The fourth-order valence-electron chi connectivity index (χ4n) is 0.589. The van der Waals surface area contributed by atoms with E-state index in [-0.39, 0.29) is 11.4 Å². The van der Waals surface area contributed by atoms with Crippen molar-refractivity contribution in [1.29, 1.82) is 0 Å². The van der Waals surface area contributed by atoms with E-state index in [1.54, 1.807) is 6.92 Å². The first-order chi connectivity index (χ1) is 5.33.